The van der Waals surface area contributed by atoms with Crippen LogP contribution in [0.15, 0.2) is 47.3 Å². The second kappa shape index (κ2) is 8.62. The normalized spacial score (nSPS) is 13.1. The van der Waals surface area contributed by atoms with Gasteiger partial charge in [-0.15, -0.1) is 22.7 Å². The Morgan fingerprint density at radius 2 is 1.97 bits per heavy atom. The first-order valence-electron chi connectivity index (χ1n) is 10.2. The molecule has 4 aromatic rings. The first kappa shape index (κ1) is 21.2. The molecular weight excluding hydrogens is 422 g/mol. The van der Waals surface area contributed by atoms with E-state index in [2.05, 4.69) is 43.1 Å². The highest BCUT2D eigenvalue weighted by atomic mass is 32.1. The number of nitriles is 1. The van der Waals surface area contributed by atoms with Crippen LogP contribution in [0, 0.1) is 31.1 Å². The van der Waals surface area contributed by atoms with Crippen LogP contribution >= 0.6 is 22.7 Å². The van der Waals surface area contributed by atoms with Gasteiger partial charge in [-0.05, 0) is 49.1 Å². The molecular formula is C25H23N3OS2. The van der Waals surface area contributed by atoms with E-state index in [0.717, 1.165) is 26.9 Å². The molecule has 0 aliphatic heterocycles. The monoisotopic (exact) mass is 445 g/mol. The van der Waals surface area contributed by atoms with Gasteiger partial charge in [0.05, 0.1) is 14.7 Å². The number of fused-ring (bicyclic) bond motifs is 1. The van der Waals surface area contributed by atoms with E-state index in [1.807, 2.05) is 44.2 Å². The minimum Gasteiger partial charge on any atom is -0.298 e. The molecule has 0 atom stereocenters. The van der Waals surface area contributed by atoms with Crippen molar-refractivity contribution in [2.24, 2.45) is 5.92 Å². The standard InChI is InChI=1S/C25H23N3OS2/c1-15(2)14-28-24(29)22(12-18-11-16(3)9-10-17(18)4)31-25(28)19(13-26)23-27-20-7-5-6-8-21(20)30-23/h5-12,15H,14H2,1-4H3/b22-12+,25-19-. The molecule has 2 aromatic heterocycles. The Labute approximate surface area is 189 Å². The summed E-state index contributed by atoms with van der Waals surface area (Å²) in [6.45, 7) is 8.79. The number of thiazole rings is 2. The average molecular weight is 446 g/mol. The van der Waals surface area contributed by atoms with Crippen molar-refractivity contribution in [1.82, 2.24) is 9.55 Å². The Hall–Kier alpha value is -3.01. The molecule has 4 rings (SSSR count). The number of para-hydroxylation sites is 1. The molecule has 4 nitrogen and oxygen atoms in total. The van der Waals surface area contributed by atoms with Crippen LogP contribution in [0.4, 0.5) is 0 Å². The van der Waals surface area contributed by atoms with Gasteiger partial charge in [-0.1, -0.05) is 49.7 Å². The van der Waals surface area contributed by atoms with Crippen molar-refractivity contribution in [1.29, 1.82) is 5.26 Å². The lowest BCUT2D eigenvalue weighted by Crippen LogP contribution is -2.33. The Kier molecular flexibility index (Phi) is 5.90. The van der Waals surface area contributed by atoms with Crippen molar-refractivity contribution >= 4 is 44.5 Å². The van der Waals surface area contributed by atoms with Crippen molar-refractivity contribution in [3.05, 3.63) is 83.7 Å². The lowest BCUT2D eigenvalue weighted by Gasteiger charge is -2.05. The van der Waals surface area contributed by atoms with Gasteiger partial charge in [-0.2, -0.15) is 5.26 Å². The van der Waals surface area contributed by atoms with Gasteiger partial charge in [0.1, 0.15) is 21.3 Å². The molecule has 0 radical (unpaired) electrons. The zero-order valence-electron chi connectivity index (χ0n) is 18.0. The van der Waals surface area contributed by atoms with Gasteiger partial charge in [0.25, 0.3) is 5.56 Å². The molecule has 6 heteroatoms. The number of hydrogen-bond donors (Lipinski definition) is 0. The summed E-state index contributed by atoms with van der Waals surface area (Å²) >= 11 is 2.86. The zero-order chi connectivity index (χ0) is 22.1. The van der Waals surface area contributed by atoms with E-state index < -0.39 is 0 Å². The van der Waals surface area contributed by atoms with Crippen molar-refractivity contribution in [3.8, 4) is 6.07 Å². The molecule has 2 aromatic carbocycles. The summed E-state index contributed by atoms with van der Waals surface area (Å²) < 4.78 is 4.09. The topological polar surface area (TPSA) is 58.7 Å². The van der Waals surface area contributed by atoms with Crippen LogP contribution in [0.5, 0.6) is 0 Å². The highest BCUT2D eigenvalue weighted by Crippen LogP contribution is 2.25. The zero-order valence-corrected chi connectivity index (χ0v) is 19.6. The van der Waals surface area contributed by atoms with Gasteiger partial charge in [0, 0.05) is 6.54 Å². The summed E-state index contributed by atoms with van der Waals surface area (Å²) in [5.74, 6) is 0.273. The summed E-state index contributed by atoms with van der Waals surface area (Å²) in [5, 5.41) is 10.7. The van der Waals surface area contributed by atoms with E-state index >= 15 is 0 Å². The van der Waals surface area contributed by atoms with E-state index in [-0.39, 0.29) is 11.5 Å². The molecule has 0 spiro atoms. The Morgan fingerprint density at radius 3 is 2.68 bits per heavy atom. The molecule has 0 unspecified atom stereocenters. The Bertz CT molecular complexity index is 1460. The predicted molar refractivity (Wildman–Crippen MR) is 130 cm³/mol. The van der Waals surface area contributed by atoms with Crippen LogP contribution in [0.25, 0.3) is 21.9 Å². The second-order valence-electron chi connectivity index (χ2n) is 8.06. The minimum atomic E-state index is -0.0523. The van der Waals surface area contributed by atoms with Gasteiger partial charge in [-0.3, -0.25) is 9.36 Å². The second-order valence-corrected chi connectivity index (χ2v) is 10.1. The van der Waals surface area contributed by atoms with E-state index in [9.17, 15) is 10.1 Å². The van der Waals surface area contributed by atoms with E-state index in [1.54, 1.807) is 4.57 Å². The van der Waals surface area contributed by atoms with Crippen LogP contribution in [-0.4, -0.2) is 9.55 Å². The molecule has 0 aliphatic rings. The molecule has 0 fully saturated rings. The fraction of sp³-hybridized carbons (Fsp3) is 0.240. The highest BCUT2D eigenvalue weighted by Gasteiger charge is 2.15. The van der Waals surface area contributed by atoms with E-state index in [4.69, 9.17) is 0 Å². The number of hydrogen-bond acceptors (Lipinski definition) is 5. The molecule has 31 heavy (non-hydrogen) atoms. The summed E-state index contributed by atoms with van der Waals surface area (Å²) in [6, 6.07) is 16.4. The molecule has 0 bridgehead atoms. The maximum atomic E-state index is 13.4. The quantitative estimate of drug-likeness (QED) is 0.469. The number of aryl methyl sites for hydroxylation is 2. The molecule has 156 valence electrons. The predicted octanol–water partition coefficient (Wildman–Crippen LogP) is 4.34. The lowest BCUT2D eigenvalue weighted by atomic mass is 10.1. The number of aromatic nitrogens is 2. The minimum absolute atomic E-state index is 0.0523. The molecule has 0 saturated heterocycles. The molecule has 0 N–H and O–H groups in total. The van der Waals surface area contributed by atoms with Crippen LogP contribution in [0.3, 0.4) is 0 Å². The lowest BCUT2D eigenvalue weighted by molar-refractivity contribution is 0.508. The summed E-state index contributed by atoms with van der Waals surface area (Å²) in [6.07, 6.45) is 1.95. The fourth-order valence-electron chi connectivity index (χ4n) is 3.46. The van der Waals surface area contributed by atoms with Crippen molar-refractivity contribution < 1.29 is 0 Å². The fourth-order valence-corrected chi connectivity index (χ4v) is 5.59. The summed E-state index contributed by atoms with van der Waals surface area (Å²) in [4.78, 5) is 18.0. The largest absolute Gasteiger partial charge is 0.298 e. The van der Waals surface area contributed by atoms with Crippen LogP contribution in [0.2, 0.25) is 0 Å². The van der Waals surface area contributed by atoms with Crippen LogP contribution in [-0.2, 0) is 6.54 Å². The molecule has 0 aliphatic carbocycles. The smallest absolute Gasteiger partial charge is 0.269 e. The highest BCUT2D eigenvalue weighted by molar-refractivity contribution is 7.19. The summed E-state index contributed by atoms with van der Waals surface area (Å²) in [5.41, 5.74) is 4.57. The maximum absolute atomic E-state index is 13.4. The van der Waals surface area contributed by atoms with Crippen LogP contribution < -0.4 is 14.8 Å². The number of rotatable bonds is 4. The van der Waals surface area contributed by atoms with Crippen molar-refractivity contribution in [2.45, 2.75) is 34.2 Å². The third kappa shape index (κ3) is 4.25. The number of benzene rings is 2. The first-order valence-corrected chi connectivity index (χ1v) is 11.8. The van der Waals surface area contributed by atoms with Gasteiger partial charge in [0.15, 0.2) is 0 Å². The van der Waals surface area contributed by atoms with Gasteiger partial charge in [-0.25, -0.2) is 4.98 Å². The molecule has 0 saturated carbocycles. The molecule has 0 amide bonds. The van der Waals surface area contributed by atoms with Gasteiger partial charge in [0.2, 0.25) is 0 Å². The van der Waals surface area contributed by atoms with Gasteiger partial charge >= 0.3 is 0 Å². The van der Waals surface area contributed by atoms with Crippen LogP contribution in [0.1, 0.15) is 35.5 Å². The third-order valence-corrected chi connectivity index (χ3v) is 7.19. The first-order chi connectivity index (χ1) is 14.9. The van der Waals surface area contributed by atoms with Gasteiger partial charge < -0.3 is 0 Å². The van der Waals surface area contributed by atoms with Crippen molar-refractivity contribution in [3.63, 3.8) is 0 Å². The SMILES string of the molecule is Cc1ccc(C)c(/C=c2/s/c(=C(/C#N)c3nc4ccccc4s3)n(CC(C)C)c2=O)c1. The Balaban J connectivity index is 2.03. The van der Waals surface area contributed by atoms with Crippen molar-refractivity contribution in [2.75, 3.05) is 0 Å². The summed E-state index contributed by atoms with van der Waals surface area (Å²) in [7, 11) is 0. The third-order valence-electron chi connectivity index (χ3n) is 5.01. The molecule has 2 heterocycles. The Morgan fingerprint density at radius 1 is 1.19 bits per heavy atom. The van der Waals surface area contributed by atoms with E-state index in [0.29, 0.717) is 26.3 Å². The van der Waals surface area contributed by atoms with E-state index in [1.165, 1.54) is 22.7 Å². The maximum Gasteiger partial charge on any atom is 0.269 e. The number of nitrogens with zero attached hydrogens (tertiary/aromatic N) is 3. The average Bonchev–Trinajstić information content (AvgIpc) is 3.28.